The second kappa shape index (κ2) is 9.79. The van der Waals surface area contributed by atoms with E-state index in [4.69, 9.17) is 4.74 Å². The first-order chi connectivity index (χ1) is 16.4. The topological polar surface area (TPSA) is 96.1 Å². The molecule has 7 heteroatoms. The minimum absolute atomic E-state index is 0.123. The molecule has 3 N–H and O–H groups in total. The molecule has 0 aliphatic carbocycles. The average molecular weight is 457 g/mol. The molecule has 1 heterocycles. The highest BCUT2D eigenvalue weighted by atomic mass is 16.5. The van der Waals surface area contributed by atoms with Gasteiger partial charge >= 0.3 is 0 Å². The lowest BCUT2D eigenvalue weighted by molar-refractivity contribution is -0.118. The van der Waals surface area contributed by atoms with Crippen LogP contribution in [0.15, 0.2) is 66.7 Å². The zero-order chi connectivity index (χ0) is 24.2. The summed E-state index contributed by atoms with van der Waals surface area (Å²) < 4.78 is 5.14. The van der Waals surface area contributed by atoms with Gasteiger partial charge in [0.1, 0.15) is 17.6 Å². The van der Waals surface area contributed by atoms with Gasteiger partial charge in [-0.2, -0.15) is 0 Å². The van der Waals surface area contributed by atoms with Crippen LogP contribution in [0.3, 0.4) is 0 Å². The number of hydrogen-bond acceptors (Lipinski definition) is 4. The molecule has 0 saturated heterocycles. The molecule has 0 aliphatic heterocycles. The van der Waals surface area contributed by atoms with Gasteiger partial charge in [-0.25, -0.2) is 4.98 Å². The van der Waals surface area contributed by atoms with Gasteiger partial charge in [0.15, 0.2) is 0 Å². The van der Waals surface area contributed by atoms with Crippen LogP contribution in [0.1, 0.15) is 29.8 Å². The van der Waals surface area contributed by atoms with E-state index in [1.165, 1.54) is 0 Å². The molecule has 0 spiro atoms. The molecule has 3 aromatic carbocycles. The molecule has 1 aromatic heterocycles. The fourth-order valence-corrected chi connectivity index (χ4v) is 3.76. The number of aromatic amines is 1. The predicted octanol–water partition coefficient (Wildman–Crippen LogP) is 4.94. The van der Waals surface area contributed by atoms with Crippen LogP contribution >= 0.6 is 0 Å². The summed E-state index contributed by atoms with van der Waals surface area (Å²) in [4.78, 5) is 34.1. The Morgan fingerprint density at radius 3 is 2.41 bits per heavy atom. The number of anilines is 1. The van der Waals surface area contributed by atoms with E-state index in [1.807, 2.05) is 63.2 Å². The van der Waals surface area contributed by atoms with E-state index in [0.29, 0.717) is 22.8 Å². The summed E-state index contributed by atoms with van der Waals surface area (Å²) in [6.07, 6.45) is 0. The van der Waals surface area contributed by atoms with Gasteiger partial charge in [-0.1, -0.05) is 37.6 Å². The van der Waals surface area contributed by atoms with Crippen molar-refractivity contribution in [2.45, 2.75) is 26.8 Å². The number of methoxy groups -OCH3 is 1. The number of hydrogen-bond donors (Lipinski definition) is 3. The molecule has 0 saturated carbocycles. The van der Waals surface area contributed by atoms with E-state index in [0.717, 1.165) is 22.2 Å². The van der Waals surface area contributed by atoms with Crippen LogP contribution in [0.25, 0.3) is 22.4 Å². The summed E-state index contributed by atoms with van der Waals surface area (Å²) >= 11 is 0. The van der Waals surface area contributed by atoms with E-state index >= 15 is 0 Å². The summed E-state index contributed by atoms with van der Waals surface area (Å²) in [7, 11) is 1.57. The van der Waals surface area contributed by atoms with E-state index in [9.17, 15) is 9.59 Å². The maximum absolute atomic E-state index is 13.3. The average Bonchev–Trinajstić information content (AvgIpc) is 3.27. The Labute approximate surface area is 198 Å². The lowest BCUT2D eigenvalue weighted by Crippen LogP contribution is -2.47. The Hall–Kier alpha value is -4.13. The number of ether oxygens (including phenoxy) is 1. The Kier molecular flexibility index (Phi) is 6.63. The number of imidazole rings is 1. The summed E-state index contributed by atoms with van der Waals surface area (Å²) in [5.74, 6) is 0.592. The van der Waals surface area contributed by atoms with Crippen molar-refractivity contribution in [3.05, 3.63) is 77.9 Å². The molecule has 0 radical (unpaired) electrons. The molecular weight excluding hydrogens is 428 g/mol. The second-order valence-corrected chi connectivity index (χ2v) is 8.56. The van der Waals surface area contributed by atoms with Crippen LogP contribution in [0, 0.1) is 12.8 Å². The number of carbonyl (C=O) groups is 2. The van der Waals surface area contributed by atoms with Crippen LogP contribution in [0.4, 0.5) is 5.69 Å². The summed E-state index contributed by atoms with van der Waals surface area (Å²) in [5, 5.41) is 5.87. The fourth-order valence-electron chi connectivity index (χ4n) is 3.76. The first kappa shape index (κ1) is 23.0. The molecule has 4 rings (SSSR count). The minimum Gasteiger partial charge on any atom is -0.497 e. The Morgan fingerprint density at radius 2 is 1.74 bits per heavy atom. The quantitative estimate of drug-likeness (QED) is 0.367. The largest absolute Gasteiger partial charge is 0.497 e. The van der Waals surface area contributed by atoms with Gasteiger partial charge in [0.2, 0.25) is 5.91 Å². The molecule has 4 aromatic rings. The number of H-pyrrole nitrogens is 1. The third-order valence-electron chi connectivity index (χ3n) is 5.67. The predicted molar refractivity (Wildman–Crippen MR) is 134 cm³/mol. The molecule has 0 fully saturated rings. The van der Waals surface area contributed by atoms with Crippen molar-refractivity contribution in [3.8, 4) is 17.1 Å². The van der Waals surface area contributed by atoms with Crippen molar-refractivity contribution >= 4 is 28.5 Å². The van der Waals surface area contributed by atoms with Crippen LogP contribution in [-0.2, 0) is 4.79 Å². The van der Waals surface area contributed by atoms with Gasteiger partial charge in [0.05, 0.1) is 23.8 Å². The van der Waals surface area contributed by atoms with Crippen molar-refractivity contribution in [1.29, 1.82) is 0 Å². The molecule has 1 unspecified atom stereocenters. The normalized spacial score (nSPS) is 11.9. The maximum Gasteiger partial charge on any atom is 0.251 e. The number of amides is 2. The van der Waals surface area contributed by atoms with Crippen molar-refractivity contribution < 1.29 is 14.3 Å². The zero-order valence-electron chi connectivity index (χ0n) is 19.7. The van der Waals surface area contributed by atoms with Gasteiger partial charge in [0, 0.05) is 11.1 Å². The molecular formula is C27H28N4O3. The third-order valence-corrected chi connectivity index (χ3v) is 5.67. The van der Waals surface area contributed by atoms with Crippen molar-refractivity contribution in [2.24, 2.45) is 5.92 Å². The van der Waals surface area contributed by atoms with Crippen LogP contribution in [0.2, 0.25) is 0 Å². The van der Waals surface area contributed by atoms with E-state index in [2.05, 4.69) is 20.6 Å². The highest BCUT2D eigenvalue weighted by Gasteiger charge is 2.26. The SMILES string of the molecule is COc1ccc(C(=O)NC(C(=O)Nc2ccc(C)cc2-c2nc3ccccc3[nH]2)C(C)C)cc1. The molecule has 174 valence electrons. The van der Waals surface area contributed by atoms with Gasteiger partial charge in [-0.15, -0.1) is 0 Å². The molecule has 1 atom stereocenters. The first-order valence-corrected chi connectivity index (χ1v) is 11.2. The van der Waals surface area contributed by atoms with Crippen molar-refractivity contribution in [2.75, 3.05) is 12.4 Å². The Bertz CT molecular complexity index is 1290. The van der Waals surface area contributed by atoms with Gasteiger partial charge in [0.25, 0.3) is 5.91 Å². The minimum atomic E-state index is -0.723. The first-order valence-electron chi connectivity index (χ1n) is 11.2. The lowest BCUT2D eigenvalue weighted by atomic mass is 10.0. The van der Waals surface area contributed by atoms with Crippen LogP contribution in [-0.4, -0.2) is 34.9 Å². The third kappa shape index (κ3) is 4.93. The molecule has 0 bridgehead atoms. The number of aromatic nitrogens is 2. The van der Waals surface area contributed by atoms with E-state index in [1.54, 1.807) is 31.4 Å². The molecule has 34 heavy (non-hydrogen) atoms. The summed E-state index contributed by atoms with van der Waals surface area (Å²) in [6.45, 7) is 5.78. The smallest absolute Gasteiger partial charge is 0.251 e. The molecule has 2 amide bonds. The Morgan fingerprint density at radius 1 is 1.00 bits per heavy atom. The zero-order valence-corrected chi connectivity index (χ0v) is 19.7. The fraction of sp³-hybridized carbons (Fsp3) is 0.222. The number of nitrogens with zero attached hydrogens (tertiary/aromatic N) is 1. The van der Waals surface area contributed by atoms with Crippen LogP contribution < -0.4 is 15.4 Å². The molecule has 0 aliphatic rings. The highest BCUT2D eigenvalue weighted by Crippen LogP contribution is 2.29. The number of fused-ring (bicyclic) bond motifs is 1. The summed E-state index contributed by atoms with van der Waals surface area (Å²) in [5.41, 5.74) is 4.68. The number of aryl methyl sites for hydroxylation is 1. The number of para-hydroxylation sites is 2. The number of nitrogens with one attached hydrogen (secondary N) is 3. The van der Waals surface area contributed by atoms with E-state index in [-0.39, 0.29) is 17.7 Å². The maximum atomic E-state index is 13.3. The summed E-state index contributed by atoms with van der Waals surface area (Å²) in [6, 6.07) is 19.6. The van der Waals surface area contributed by atoms with E-state index < -0.39 is 6.04 Å². The standard InChI is InChI=1S/C27H28N4O3/c1-16(2)24(31-26(32)18-10-12-19(34-4)13-11-18)27(33)30-21-14-9-17(3)15-20(21)25-28-22-7-5-6-8-23(22)29-25/h5-16,24H,1-4H3,(H,28,29)(H,30,33)(H,31,32). The lowest BCUT2D eigenvalue weighted by Gasteiger charge is -2.22. The number of benzene rings is 3. The van der Waals surface area contributed by atoms with Crippen molar-refractivity contribution in [1.82, 2.24) is 15.3 Å². The molecule has 7 nitrogen and oxygen atoms in total. The number of rotatable bonds is 7. The Balaban J connectivity index is 1.58. The van der Waals surface area contributed by atoms with Crippen molar-refractivity contribution in [3.63, 3.8) is 0 Å². The van der Waals surface area contributed by atoms with Gasteiger partial charge in [-0.05, 0) is 61.4 Å². The van der Waals surface area contributed by atoms with Crippen LogP contribution in [0.5, 0.6) is 5.75 Å². The van der Waals surface area contributed by atoms with Gasteiger partial charge in [-0.3, -0.25) is 9.59 Å². The number of carbonyl (C=O) groups excluding carboxylic acids is 2. The monoisotopic (exact) mass is 456 g/mol. The van der Waals surface area contributed by atoms with Gasteiger partial charge < -0.3 is 20.4 Å². The second-order valence-electron chi connectivity index (χ2n) is 8.56. The highest BCUT2D eigenvalue weighted by molar-refractivity contribution is 6.03.